The molecule has 0 radical (unpaired) electrons. The fourth-order valence-corrected chi connectivity index (χ4v) is 7.58. The Hall–Kier alpha value is -6.79. The molecule has 7 aromatic carbocycles. The van der Waals surface area contributed by atoms with Gasteiger partial charge >= 0.3 is 5.69 Å². The van der Waals surface area contributed by atoms with Crippen LogP contribution in [0.1, 0.15) is 28.5 Å². The van der Waals surface area contributed by atoms with E-state index in [1.165, 1.54) is 17.6 Å². The van der Waals surface area contributed by atoms with Gasteiger partial charge in [-0.3, -0.25) is 14.3 Å². The summed E-state index contributed by atoms with van der Waals surface area (Å²) in [7, 11) is 3.22. The number of aromatic nitrogens is 2. The van der Waals surface area contributed by atoms with E-state index >= 15 is 0 Å². The van der Waals surface area contributed by atoms with Crippen LogP contribution in [0.25, 0.3) is 32.3 Å². The van der Waals surface area contributed by atoms with E-state index in [4.69, 9.17) is 23.8 Å². The molecular weight excluding hydrogens is 735 g/mol. The molecule has 0 fully saturated rings. The van der Waals surface area contributed by atoms with Gasteiger partial charge in [-0.1, -0.05) is 114 Å². The highest BCUT2D eigenvalue weighted by Gasteiger charge is 2.39. The molecule has 0 amide bonds. The van der Waals surface area contributed by atoms with E-state index < -0.39 is 35.8 Å². The number of oxime groups is 1. The number of aromatic amines is 1. The first-order valence-corrected chi connectivity index (χ1v) is 18.8. The third kappa shape index (κ3) is 7.41. The summed E-state index contributed by atoms with van der Waals surface area (Å²) in [6, 6.07) is 45.1. The van der Waals surface area contributed by atoms with Crippen LogP contribution in [-0.4, -0.2) is 61.0 Å². The molecule has 0 aliphatic heterocycles. The van der Waals surface area contributed by atoms with Crippen molar-refractivity contribution in [1.29, 1.82) is 0 Å². The van der Waals surface area contributed by atoms with Gasteiger partial charge in [-0.25, -0.2) is 4.79 Å². The van der Waals surface area contributed by atoms with E-state index in [0.29, 0.717) is 11.5 Å². The van der Waals surface area contributed by atoms with Crippen molar-refractivity contribution in [2.75, 3.05) is 34.0 Å². The Labute approximate surface area is 333 Å². The van der Waals surface area contributed by atoms with Gasteiger partial charge in [0.25, 0.3) is 5.56 Å². The molecule has 0 aliphatic carbocycles. The van der Waals surface area contributed by atoms with Crippen LogP contribution in [0.4, 0.5) is 0 Å². The number of ether oxygens (including phenoxy) is 4. The molecule has 0 aliphatic rings. The quantitative estimate of drug-likeness (QED) is 0.0450. The number of aliphatic hydroxyl groups excluding tert-OH is 1. The summed E-state index contributed by atoms with van der Waals surface area (Å²) in [5.41, 5.74) is 0.778. The van der Waals surface area contributed by atoms with Gasteiger partial charge in [-0.2, -0.15) is 0 Å². The molecule has 0 bridgehead atoms. The van der Waals surface area contributed by atoms with E-state index in [1.807, 2.05) is 84.9 Å². The third-order valence-electron chi connectivity index (χ3n) is 10.4. The zero-order valence-corrected chi connectivity index (χ0v) is 31.9. The summed E-state index contributed by atoms with van der Waals surface area (Å²) in [6.07, 6.45) is 0.837. The highest BCUT2D eigenvalue weighted by molar-refractivity contribution is 6.25. The van der Waals surface area contributed by atoms with Crippen molar-refractivity contribution >= 4 is 38.5 Å². The molecule has 0 saturated heterocycles. The van der Waals surface area contributed by atoms with Crippen LogP contribution in [0.2, 0.25) is 0 Å². The zero-order valence-electron chi connectivity index (χ0n) is 31.9. The molecule has 8 aromatic rings. The number of aliphatic hydroxyl groups is 1. The summed E-state index contributed by atoms with van der Waals surface area (Å²) in [4.78, 5) is 33.0. The SMILES string of the molecule is COc1ccc(C(OC[C@H](CON=Cc2ccc3ccc4cccc5ccc2c3c45)O[C@H](CO)n2ccc(=O)[nH]c2=O)(c2ccccc2)c2ccc(OC)cc2)cc1. The average Bonchev–Trinajstić information content (AvgIpc) is 3.27. The number of nitrogens with one attached hydrogen (secondary N) is 1. The van der Waals surface area contributed by atoms with E-state index in [1.54, 1.807) is 20.4 Å². The van der Waals surface area contributed by atoms with Crippen LogP contribution in [0.5, 0.6) is 11.5 Å². The van der Waals surface area contributed by atoms with Crippen molar-refractivity contribution < 1.29 is 28.9 Å². The number of nitrogens with zero attached hydrogens (tertiary/aromatic N) is 2. The number of benzene rings is 7. The van der Waals surface area contributed by atoms with Crippen LogP contribution < -0.4 is 20.7 Å². The molecule has 292 valence electrons. The standard InChI is InChI=1S/C47H41N3O8/c1-54-38-20-16-36(17-21-38)47(35-9-4-3-5-10-35,37-18-22-39(55-2)23-19-37)56-29-40(58-43(28-51)50-26-25-42(52)49-46(50)53)30-57-48-27-34-14-13-33-12-11-31-7-6-8-32-15-24-41(34)45(33)44(31)32/h3-27,40,43,51H,28-30H2,1-2H3,(H,49,52,53)/t40-,43-/m1/s1. The molecular formula is C47H41N3O8. The summed E-state index contributed by atoms with van der Waals surface area (Å²) < 4.78 is 25.6. The monoisotopic (exact) mass is 775 g/mol. The lowest BCUT2D eigenvalue weighted by atomic mass is 9.80. The Kier molecular flexibility index (Phi) is 11.0. The summed E-state index contributed by atoms with van der Waals surface area (Å²) >= 11 is 0. The minimum absolute atomic E-state index is 0.101. The first kappa shape index (κ1) is 38.1. The lowest BCUT2D eigenvalue weighted by Gasteiger charge is -2.37. The van der Waals surface area contributed by atoms with Crippen LogP contribution in [-0.2, 0) is 19.9 Å². The molecule has 2 atom stereocenters. The number of methoxy groups -OCH3 is 2. The van der Waals surface area contributed by atoms with Crippen molar-refractivity contribution in [1.82, 2.24) is 9.55 Å². The first-order chi connectivity index (χ1) is 28.4. The Morgan fingerprint density at radius 2 is 1.29 bits per heavy atom. The van der Waals surface area contributed by atoms with E-state index in [2.05, 4.69) is 58.7 Å². The molecule has 8 rings (SSSR count). The number of hydrogen-bond acceptors (Lipinski definition) is 9. The van der Waals surface area contributed by atoms with Crippen molar-refractivity contribution in [3.8, 4) is 11.5 Å². The number of hydrogen-bond donors (Lipinski definition) is 2. The van der Waals surface area contributed by atoms with Gasteiger partial charge in [0.05, 0.1) is 33.6 Å². The zero-order chi connectivity index (χ0) is 40.1. The second kappa shape index (κ2) is 16.7. The van der Waals surface area contributed by atoms with Crippen LogP contribution in [0.3, 0.4) is 0 Å². The molecule has 11 nitrogen and oxygen atoms in total. The van der Waals surface area contributed by atoms with E-state index in [-0.39, 0.29) is 13.2 Å². The first-order valence-electron chi connectivity index (χ1n) is 18.8. The largest absolute Gasteiger partial charge is 0.497 e. The lowest BCUT2D eigenvalue weighted by Crippen LogP contribution is -2.40. The second-order valence-corrected chi connectivity index (χ2v) is 13.8. The van der Waals surface area contributed by atoms with Crippen molar-refractivity contribution in [3.05, 3.63) is 189 Å². The smallest absolute Gasteiger partial charge is 0.330 e. The van der Waals surface area contributed by atoms with E-state index in [9.17, 15) is 14.7 Å². The lowest BCUT2D eigenvalue weighted by molar-refractivity contribution is -0.146. The molecule has 11 heteroatoms. The number of rotatable bonds is 16. The Balaban J connectivity index is 1.15. The molecule has 1 aromatic heterocycles. The minimum atomic E-state index is -1.20. The maximum absolute atomic E-state index is 12.9. The maximum atomic E-state index is 12.9. The summed E-state index contributed by atoms with van der Waals surface area (Å²) in [5.74, 6) is 1.35. The molecule has 0 unspecified atom stereocenters. The van der Waals surface area contributed by atoms with Crippen LogP contribution in [0.15, 0.2) is 160 Å². The van der Waals surface area contributed by atoms with Gasteiger partial charge in [0.1, 0.15) is 29.8 Å². The van der Waals surface area contributed by atoms with Gasteiger partial charge in [0, 0.05) is 17.8 Å². The van der Waals surface area contributed by atoms with Gasteiger partial charge in [0.15, 0.2) is 6.23 Å². The molecule has 2 N–H and O–H groups in total. The van der Waals surface area contributed by atoms with Gasteiger partial charge in [0.2, 0.25) is 0 Å². The van der Waals surface area contributed by atoms with Crippen molar-refractivity contribution in [2.24, 2.45) is 5.16 Å². The van der Waals surface area contributed by atoms with Gasteiger partial charge in [-0.05, 0) is 73.3 Å². The van der Waals surface area contributed by atoms with Crippen molar-refractivity contribution in [2.45, 2.75) is 17.9 Å². The Morgan fingerprint density at radius 3 is 1.91 bits per heavy atom. The predicted molar refractivity (Wildman–Crippen MR) is 224 cm³/mol. The van der Waals surface area contributed by atoms with Crippen molar-refractivity contribution in [3.63, 3.8) is 0 Å². The summed E-state index contributed by atoms with van der Waals surface area (Å²) in [5, 5.41) is 21.7. The van der Waals surface area contributed by atoms with E-state index in [0.717, 1.165) is 53.8 Å². The second-order valence-electron chi connectivity index (χ2n) is 13.8. The number of H-pyrrole nitrogens is 1. The van der Waals surface area contributed by atoms with Crippen LogP contribution in [0, 0.1) is 0 Å². The Morgan fingerprint density at radius 1 is 0.690 bits per heavy atom. The minimum Gasteiger partial charge on any atom is -0.497 e. The Bertz CT molecular complexity index is 2720. The molecule has 1 heterocycles. The molecule has 0 saturated carbocycles. The fourth-order valence-electron chi connectivity index (χ4n) is 7.58. The average molecular weight is 776 g/mol. The third-order valence-corrected chi connectivity index (χ3v) is 10.4. The fraction of sp³-hybridized carbons (Fsp3) is 0.170. The van der Waals surface area contributed by atoms with Gasteiger partial charge < -0.3 is 28.9 Å². The highest BCUT2D eigenvalue weighted by atomic mass is 16.6. The predicted octanol–water partition coefficient (Wildman–Crippen LogP) is 7.39. The topological polar surface area (TPSA) is 134 Å². The molecule has 0 spiro atoms. The summed E-state index contributed by atoms with van der Waals surface area (Å²) in [6.45, 7) is -0.821. The normalized spacial score (nSPS) is 13.0. The molecule has 58 heavy (non-hydrogen) atoms. The van der Waals surface area contributed by atoms with Gasteiger partial charge in [-0.15, -0.1) is 0 Å². The highest BCUT2D eigenvalue weighted by Crippen LogP contribution is 2.42. The maximum Gasteiger partial charge on any atom is 0.330 e. The van der Waals surface area contributed by atoms with Crippen LogP contribution >= 0.6 is 0 Å².